The number of ether oxygens (including phenoxy) is 1. The first-order chi connectivity index (χ1) is 10.1. The summed E-state index contributed by atoms with van der Waals surface area (Å²) in [5.41, 5.74) is 0. The van der Waals surface area contributed by atoms with Gasteiger partial charge in [0.05, 0.1) is 13.2 Å². The maximum Gasteiger partial charge on any atom is 0.191 e. The number of guanidine groups is 1. The summed E-state index contributed by atoms with van der Waals surface area (Å²) in [4.78, 5) is 7.30. The molecular formula is C16H35IN4O. The van der Waals surface area contributed by atoms with Crippen LogP contribution >= 0.6 is 24.0 Å². The fourth-order valence-electron chi connectivity index (χ4n) is 2.81. The highest BCUT2D eigenvalue weighted by Gasteiger charge is 2.20. The highest BCUT2D eigenvalue weighted by atomic mass is 127. The van der Waals surface area contributed by atoms with Crippen LogP contribution in [0.4, 0.5) is 0 Å². The van der Waals surface area contributed by atoms with E-state index in [-0.39, 0.29) is 30.0 Å². The minimum absolute atomic E-state index is 0. The number of rotatable bonds is 7. The van der Waals surface area contributed by atoms with Crippen LogP contribution in [0, 0.1) is 5.92 Å². The smallest absolute Gasteiger partial charge is 0.191 e. The van der Waals surface area contributed by atoms with E-state index in [9.17, 15) is 0 Å². The minimum atomic E-state index is 0. The van der Waals surface area contributed by atoms with Crippen molar-refractivity contribution < 1.29 is 4.74 Å². The van der Waals surface area contributed by atoms with Crippen molar-refractivity contribution >= 4 is 29.9 Å². The maximum absolute atomic E-state index is 5.16. The number of nitrogens with zero attached hydrogens (tertiary/aromatic N) is 2. The quantitative estimate of drug-likeness (QED) is 0.373. The Morgan fingerprint density at radius 1 is 1.41 bits per heavy atom. The Kier molecular flexibility index (Phi) is 12.3. The Morgan fingerprint density at radius 3 is 2.73 bits per heavy atom. The standard InChI is InChI=1S/C16H34N4O.HI/c1-6-17-16(19-14(3)12-21-5)18-10-15(4)20-9-7-8-13(2)11-20;/h13-15H,6-12H2,1-5H3,(H2,17,18,19);1H. The van der Waals surface area contributed by atoms with Crippen molar-refractivity contribution in [2.24, 2.45) is 10.9 Å². The molecule has 0 aromatic carbocycles. The molecule has 0 radical (unpaired) electrons. The molecule has 1 fully saturated rings. The van der Waals surface area contributed by atoms with Gasteiger partial charge >= 0.3 is 0 Å². The van der Waals surface area contributed by atoms with Crippen molar-refractivity contribution in [2.45, 2.75) is 52.6 Å². The number of piperidine rings is 1. The summed E-state index contributed by atoms with van der Waals surface area (Å²) in [5.74, 6) is 1.71. The predicted octanol–water partition coefficient (Wildman–Crippen LogP) is 2.31. The Balaban J connectivity index is 0.00000441. The lowest BCUT2D eigenvalue weighted by atomic mass is 9.99. The molecule has 3 unspecified atom stereocenters. The monoisotopic (exact) mass is 426 g/mol. The molecule has 0 bridgehead atoms. The van der Waals surface area contributed by atoms with Gasteiger partial charge in [-0.2, -0.15) is 0 Å². The van der Waals surface area contributed by atoms with Crippen molar-refractivity contribution in [1.29, 1.82) is 0 Å². The molecule has 0 spiro atoms. The van der Waals surface area contributed by atoms with Gasteiger partial charge in [-0.3, -0.25) is 9.89 Å². The van der Waals surface area contributed by atoms with Crippen LogP contribution in [0.5, 0.6) is 0 Å². The van der Waals surface area contributed by atoms with Crippen molar-refractivity contribution in [2.75, 3.05) is 39.9 Å². The second-order valence-corrected chi connectivity index (χ2v) is 6.31. The zero-order chi connectivity index (χ0) is 15.7. The zero-order valence-electron chi connectivity index (χ0n) is 14.9. The van der Waals surface area contributed by atoms with Crippen molar-refractivity contribution in [3.05, 3.63) is 0 Å². The topological polar surface area (TPSA) is 48.9 Å². The molecule has 1 saturated heterocycles. The van der Waals surface area contributed by atoms with Crippen molar-refractivity contribution in [3.8, 4) is 0 Å². The summed E-state index contributed by atoms with van der Waals surface area (Å²) in [7, 11) is 1.72. The molecule has 1 heterocycles. The third-order valence-electron chi connectivity index (χ3n) is 3.97. The summed E-state index contributed by atoms with van der Waals surface area (Å²) >= 11 is 0. The summed E-state index contributed by atoms with van der Waals surface area (Å²) in [6, 6.07) is 0.763. The highest BCUT2D eigenvalue weighted by molar-refractivity contribution is 14.0. The van der Waals surface area contributed by atoms with E-state index in [2.05, 4.69) is 43.2 Å². The summed E-state index contributed by atoms with van der Waals surface area (Å²) in [5, 5.41) is 6.69. The summed E-state index contributed by atoms with van der Waals surface area (Å²) < 4.78 is 5.16. The van der Waals surface area contributed by atoms with Gasteiger partial charge in [0.2, 0.25) is 0 Å². The van der Waals surface area contributed by atoms with Crippen LogP contribution in [0.15, 0.2) is 4.99 Å². The third-order valence-corrected chi connectivity index (χ3v) is 3.97. The zero-order valence-corrected chi connectivity index (χ0v) is 17.2. The Labute approximate surface area is 153 Å². The molecule has 0 saturated carbocycles. The average Bonchev–Trinajstić information content (AvgIpc) is 2.45. The van der Waals surface area contributed by atoms with Gasteiger partial charge in [0.25, 0.3) is 0 Å². The third kappa shape index (κ3) is 8.53. The Bertz CT molecular complexity index is 315. The van der Waals surface area contributed by atoms with Gasteiger partial charge in [0, 0.05) is 32.3 Å². The number of likely N-dealkylation sites (tertiary alicyclic amines) is 1. The van der Waals surface area contributed by atoms with Crippen LogP contribution in [0.25, 0.3) is 0 Å². The number of hydrogen-bond acceptors (Lipinski definition) is 3. The number of halogens is 1. The van der Waals surface area contributed by atoms with Crippen LogP contribution in [0.1, 0.15) is 40.5 Å². The molecule has 6 heteroatoms. The molecule has 2 N–H and O–H groups in total. The van der Waals surface area contributed by atoms with Gasteiger partial charge in [-0.05, 0) is 46.1 Å². The normalized spacial score (nSPS) is 22.6. The lowest BCUT2D eigenvalue weighted by Gasteiger charge is -2.35. The Morgan fingerprint density at radius 2 is 2.14 bits per heavy atom. The number of aliphatic imine (C=N–C) groups is 1. The van der Waals surface area contributed by atoms with Gasteiger partial charge in [-0.1, -0.05) is 6.92 Å². The molecule has 0 aliphatic carbocycles. The largest absolute Gasteiger partial charge is 0.383 e. The molecule has 1 rings (SSSR count). The average molecular weight is 426 g/mol. The van der Waals surface area contributed by atoms with E-state index in [1.807, 2.05) is 0 Å². The molecule has 5 nitrogen and oxygen atoms in total. The first kappa shape index (κ1) is 21.9. The van der Waals surface area contributed by atoms with Crippen molar-refractivity contribution in [1.82, 2.24) is 15.5 Å². The van der Waals surface area contributed by atoms with Crippen LogP contribution < -0.4 is 10.6 Å². The second-order valence-electron chi connectivity index (χ2n) is 6.31. The molecule has 1 aliphatic heterocycles. The summed E-state index contributed by atoms with van der Waals surface area (Å²) in [6.45, 7) is 13.6. The molecular weight excluding hydrogens is 391 g/mol. The van der Waals surface area contributed by atoms with E-state index in [1.165, 1.54) is 25.9 Å². The highest BCUT2D eigenvalue weighted by Crippen LogP contribution is 2.17. The van der Waals surface area contributed by atoms with Gasteiger partial charge < -0.3 is 15.4 Å². The van der Waals surface area contributed by atoms with Crippen LogP contribution in [-0.4, -0.2) is 62.8 Å². The lowest BCUT2D eigenvalue weighted by Crippen LogP contribution is -2.46. The van der Waals surface area contributed by atoms with Crippen LogP contribution in [0.2, 0.25) is 0 Å². The molecule has 132 valence electrons. The van der Waals surface area contributed by atoms with E-state index in [1.54, 1.807) is 7.11 Å². The molecule has 22 heavy (non-hydrogen) atoms. The lowest BCUT2D eigenvalue weighted by molar-refractivity contribution is 0.142. The van der Waals surface area contributed by atoms with Gasteiger partial charge in [-0.25, -0.2) is 0 Å². The van der Waals surface area contributed by atoms with Crippen LogP contribution in [-0.2, 0) is 4.74 Å². The van der Waals surface area contributed by atoms with E-state index in [0.717, 1.165) is 25.0 Å². The van der Waals surface area contributed by atoms with Gasteiger partial charge in [-0.15, -0.1) is 24.0 Å². The summed E-state index contributed by atoms with van der Waals surface area (Å²) in [6.07, 6.45) is 2.68. The number of nitrogens with one attached hydrogen (secondary N) is 2. The van der Waals surface area contributed by atoms with E-state index in [0.29, 0.717) is 12.6 Å². The fourth-order valence-corrected chi connectivity index (χ4v) is 2.81. The minimum Gasteiger partial charge on any atom is -0.383 e. The molecule has 1 aliphatic rings. The predicted molar refractivity (Wildman–Crippen MR) is 105 cm³/mol. The second kappa shape index (κ2) is 12.4. The molecule has 0 amide bonds. The maximum atomic E-state index is 5.16. The fraction of sp³-hybridized carbons (Fsp3) is 0.938. The first-order valence-corrected chi connectivity index (χ1v) is 8.34. The molecule has 0 aromatic rings. The number of hydrogen-bond donors (Lipinski definition) is 2. The molecule has 3 atom stereocenters. The van der Waals surface area contributed by atoms with Crippen LogP contribution in [0.3, 0.4) is 0 Å². The van der Waals surface area contributed by atoms with Gasteiger partial charge in [0.1, 0.15) is 0 Å². The SMILES string of the molecule is CCNC(=NCC(C)N1CCCC(C)C1)NC(C)COC.I. The first-order valence-electron chi connectivity index (χ1n) is 8.34. The van der Waals surface area contributed by atoms with Gasteiger partial charge in [0.15, 0.2) is 5.96 Å². The number of methoxy groups -OCH3 is 1. The van der Waals surface area contributed by atoms with E-state index < -0.39 is 0 Å². The Hall–Kier alpha value is -0.0800. The van der Waals surface area contributed by atoms with E-state index in [4.69, 9.17) is 9.73 Å². The van der Waals surface area contributed by atoms with Crippen molar-refractivity contribution in [3.63, 3.8) is 0 Å². The molecule has 0 aromatic heterocycles. The van der Waals surface area contributed by atoms with E-state index >= 15 is 0 Å².